The van der Waals surface area contributed by atoms with Crippen LogP contribution in [0, 0.1) is 0 Å². The van der Waals surface area contributed by atoms with E-state index in [1.807, 2.05) is 13.8 Å². The van der Waals surface area contributed by atoms with E-state index in [-0.39, 0.29) is 5.83 Å². The van der Waals surface area contributed by atoms with Crippen molar-refractivity contribution in [2.75, 3.05) is 0 Å². The minimum absolute atomic E-state index is 0.295. The van der Waals surface area contributed by atoms with Crippen molar-refractivity contribution >= 4 is 0 Å². The van der Waals surface area contributed by atoms with Gasteiger partial charge in [-0.3, -0.25) is 0 Å². The van der Waals surface area contributed by atoms with E-state index in [1.54, 1.807) is 6.08 Å². The smallest absolute Gasteiger partial charge is 0.122 e. The molecule has 0 radical (unpaired) electrons. The van der Waals surface area contributed by atoms with E-state index in [0.29, 0.717) is 0 Å². The molecule has 50 valence electrons. The van der Waals surface area contributed by atoms with Crippen molar-refractivity contribution in [2.24, 2.45) is 0 Å². The Labute approximate surface area is 55.4 Å². The van der Waals surface area contributed by atoms with Crippen molar-refractivity contribution in [2.45, 2.75) is 13.8 Å². The first kappa shape index (κ1) is 8.15. The Morgan fingerprint density at radius 3 is 2.22 bits per heavy atom. The Morgan fingerprint density at radius 2 is 1.89 bits per heavy atom. The average molecular weight is 126 g/mol. The van der Waals surface area contributed by atoms with Crippen molar-refractivity contribution in [3.05, 3.63) is 36.2 Å². The maximum Gasteiger partial charge on any atom is 0.122 e. The summed E-state index contributed by atoms with van der Waals surface area (Å²) < 4.78 is 12.2. The van der Waals surface area contributed by atoms with E-state index < -0.39 is 0 Å². The average Bonchev–Trinajstić information content (AvgIpc) is 1.83. The summed E-state index contributed by atoms with van der Waals surface area (Å²) in [6, 6.07) is 0. The van der Waals surface area contributed by atoms with Crippen LogP contribution in [0.25, 0.3) is 0 Å². The molecule has 0 fully saturated rings. The van der Waals surface area contributed by atoms with Gasteiger partial charge < -0.3 is 0 Å². The predicted octanol–water partition coefficient (Wildman–Crippen LogP) is 2.99. The molecular weight excluding hydrogens is 115 g/mol. The highest BCUT2D eigenvalue weighted by atomic mass is 19.1. The van der Waals surface area contributed by atoms with Crippen molar-refractivity contribution in [3.63, 3.8) is 0 Å². The van der Waals surface area contributed by atoms with E-state index >= 15 is 0 Å². The van der Waals surface area contributed by atoms with Crippen molar-refractivity contribution in [3.8, 4) is 0 Å². The molecule has 9 heavy (non-hydrogen) atoms. The van der Waals surface area contributed by atoms with Crippen LogP contribution in [-0.2, 0) is 0 Å². The van der Waals surface area contributed by atoms with Crippen LogP contribution in [0.3, 0.4) is 0 Å². The highest BCUT2D eigenvalue weighted by Gasteiger charge is 1.79. The van der Waals surface area contributed by atoms with Gasteiger partial charge in [0.05, 0.1) is 0 Å². The molecule has 0 aromatic carbocycles. The van der Waals surface area contributed by atoms with E-state index in [4.69, 9.17) is 0 Å². The first-order chi connectivity index (χ1) is 4.16. The highest BCUT2D eigenvalue weighted by molar-refractivity contribution is 5.17. The molecule has 0 saturated heterocycles. The SMILES string of the molecule is C=CC(F)=CC=C(C)C. The molecule has 0 nitrogen and oxygen atoms in total. The fourth-order valence-corrected chi connectivity index (χ4v) is 0.314. The van der Waals surface area contributed by atoms with Gasteiger partial charge in [-0.2, -0.15) is 0 Å². The van der Waals surface area contributed by atoms with E-state index in [1.165, 1.54) is 12.2 Å². The van der Waals surface area contributed by atoms with Crippen LogP contribution in [-0.4, -0.2) is 0 Å². The summed E-state index contributed by atoms with van der Waals surface area (Å²) in [5, 5.41) is 0. The summed E-state index contributed by atoms with van der Waals surface area (Å²) in [6.45, 7) is 7.09. The lowest BCUT2D eigenvalue weighted by molar-refractivity contribution is 0.667. The van der Waals surface area contributed by atoms with Gasteiger partial charge >= 0.3 is 0 Å². The zero-order valence-electron chi connectivity index (χ0n) is 5.82. The summed E-state index contributed by atoms with van der Waals surface area (Å²) >= 11 is 0. The molecular formula is C8H11F. The highest BCUT2D eigenvalue weighted by Crippen LogP contribution is 1.98. The number of halogens is 1. The van der Waals surface area contributed by atoms with Gasteiger partial charge in [-0.15, -0.1) is 0 Å². The van der Waals surface area contributed by atoms with Crippen LogP contribution >= 0.6 is 0 Å². The lowest BCUT2D eigenvalue weighted by Gasteiger charge is -1.82. The minimum Gasteiger partial charge on any atom is -0.207 e. The molecule has 0 aliphatic carbocycles. The Balaban J connectivity index is 3.98. The van der Waals surface area contributed by atoms with Gasteiger partial charge in [-0.05, 0) is 26.0 Å². The monoisotopic (exact) mass is 126 g/mol. The molecule has 0 aromatic heterocycles. The van der Waals surface area contributed by atoms with Crippen LogP contribution in [0.5, 0.6) is 0 Å². The molecule has 0 aliphatic rings. The second-order valence-corrected chi connectivity index (χ2v) is 2.00. The molecule has 0 aliphatic heterocycles. The van der Waals surface area contributed by atoms with Gasteiger partial charge in [0.1, 0.15) is 5.83 Å². The van der Waals surface area contributed by atoms with Gasteiger partial charge in [-0.25, -0.2) is 4.39 Å². The first-order valence-corrected chi connectivity index (χ1v) is 2.80. The molecule has 0 saturated carbocycles. The first-order valence-electron chi connectivity index (χ1n) is 2.80. The molecule has 0 atom stereocenters. The third-order valence-electron chi connectivity index (χ3n) is 0.771. The zero-order chi connectivity index (χ0) is 7.28. The predicted molar refractivity (Wildman–Crippen MR) is 38.8 cm³/mol. The lowest BCUT2D eigenvalue weighted by Crippen LogP contribution is -1.63. The van der Waals surface area contributed by atoms with Crippen LogP contribution in [0.1, 0.15) is 13.8 Å². The Hall–Kier alpha value is -0.850. The molecule has 0 bridgehead atoms. The minimum atomic E-state index is -0.295. The number of hydrogen-bond donors (Lipinski definition) is 0. The molecule has 0 N–H and O–H groups in total. The van der Waals surface area contributed by atoms with Crippen molar-refractivity contribution in [1.82, 2.24) is 0 Å². The van der Waals surface area contributed by atoms with Crippen LogP contribution in [0.4, 0.5) is 4.39 Å². The van der Waals surface area contributed by atoms with Crippen molar-refractivity contribution in [1.29, 1.82) is 0 Å². The number of rotatable bonds is 2. The fraction of sp³-hybridized carbons (Fsp3) is 0.250. The van der Waals surface area contributed by atoms with E-state index in [2.05, 4.69) is 6.58 Å². The molecule has 0 rings (SSSR count). The van der Waals surface area contributed by atoms with Gasteiger partial charge in [-0.1, -0.05) is 18.2 Å². The lowest BCUT2D eigenvalue weighted by atomic mass is 10.3. The van der Waals surface area contributed by atoms with E-state index in [9.17, 15) is 4.39 Å². The standard InChI is InChI=1S/C8H11F/c1-4-8(9)6-5-7(2)3/h4-6H,1H2,2-3H3. The van der Waals surface area contributed by atoms with Gasteiger partial charge in [0, 0.05) is 0 Å². The zero-order valence-corrected chi connectivity index (χ0v) is 5.82. The van der Waals surface area contributed by atoms with Crippen LogP contribution in [0.2, 0.25) is 0 Å². The van der Waals surface area contributed by atoms with Gasteiger partial charge in [0.25, 0.3) is 0 Å². The van der Waals surface area contributed by atoms with E-state index in [0.717, 1.165) is 5.57 Å². The Bertz CT molecular complexity index is 148. The summed E-state index contributed by atoms with van der Waals surface area (Å²) in [4.78, 5) is 0. The van der Waals surface area contributed by atoms with Crippen molar-refractivity contribution < 1.29 is 4.39 Å². The molecule has 0 unspecified atom stereocenters. The van der Waals surface area contributed by atoms with Gasteiger partial charge in [0.2, 0.25) is 0 Å². The third kappa shape index (κ3) is 5.01. The normalized spacial score (nSPS) is 10.8. The van der Waals surface area contributed by atoms with Gasteiger partial charge in [0.15, 0.2) is 0 Å². The maximum atomic E-state index is 12.2. The molecule has 1 heteroatoms. The third-order valence-corrected chi connectivity index (χ3v) is 0.771. The quantitative estimate of drug-likeness (QED) is 0.499. The topological polar surface area (TPSA) is 0 Å². The molecule has 0 amide bonds. The summed E-state index contributed by atoms with van der Waals surface area (Å²) in [6.07, 6.45) is 4.28. The number of allylic oxidation sites excluding steroid dienone is 5. The maximum absolute atomic E-state index is 12.2. The summed E-state index contributed by atoms with van der Waals surface area (Å²) in [5.41, 5.74) is 1.08. The second-order valence-electron chi connectivity index (χ2n) is 2.00. The largest absolute Gasteiger partial charge is 0.207 e. The fourth-order valence-electron chi connectivity index (χ4n) is 0.314. The Kier molecular flexibility index (Phi) is 3.69. The van der Waals surface area contributed by atoms with Crippen LogP contribution < -0.4 is 0 Å². The van der Waals surface area contributed by atoms with Crippen LogP contribution in [0.15, 0.2) is 36.2 Å². The number of hydrogen-bond acceptors (Lipinski definition) is 0. The molecule has 0 spiro atoms. The summed E-state index contributed by atoms with van der Waals surface area (Å²) in [7, 11) is 0. The molecule has 0 heterocycles. The molecule has 0 aromatic rings. The Morgan fingerprint density at radius 1 is 1.33 bits per heavy atom. The summed E-state index contributed by atoms with van der Waals surface area (Å²) in [5.74, 6) is -0.295. The second kappa shape index (κ2) is 4.07.